The Labute approximate surface area is 112 Å². The fraction of sp³-hybridized carbons (Fsp3) is 1.00. The number of nitrogens with one attached hydrogen (secondary N) is 1. The number of hydrogen-bond acceptors (Lipinski definition) is 5. The quantitative estimate of drug-likeness (QED) is 0.622. The van der Waals surface area contributed by atoms with Gasteiger partial charge in [0.05, 0.1) is 12.1 Å². The molecule has 1 unspecified atom stereocenters. The molecule has 0 aromatic rings. The molecule has 5 heteroatoms. The average molecular weight is 258 g/mol. The zero-order valence-electron chi connectivity index (χ0n) is 12.4. The number of rotatable bonds is 7. The van der Waals surface area contributed by atoms with Crippen molar-refractivity contribution in [2.24, 2.45) is 0 Å². The molecular weight excluding hydrogens is 228 g/mol. The predicted molar refractivity (Wildman–Crippen MR) is 76.0 cm³/mol. The summed E-state index contributed by atoms with van der Waals surface area (Å²) in [6.45, 7) is 9.94. The summed E-state index contributed by atoms with van der Waals surface area (Å²) in [5.74, 6) is 0. The standard InChI is InChI=1S/C13H30N4O/c1-13(12-18,14-2)11-17-9-7-16(8-10-17)6-5-15(3)4/h14,18H,5-12H2,1-4H3. The molecule has 18 heavy (non-hydrogen) atoms. The summed E-state index contributed by atoms with van der Waals surface area (Å²) in [6, 6.07) is 0. The van der Waals surface area contributed by atoms with E-state index in [4.69, 9.17) is 0 Å². The van der Waals surface area contributed by atoms with Crippen LogP contribution in [0, 0.1) is 0 Å². The molecule has 0 aliphatic carbocycles. The second-order valence-corrected chi connectivity index (χ2v) is 5.89. The van der Waals surface area contributed by atoms with Crippen LogP contribution in [0.5, 0.6) is 0 Å². The molecule has 0 bridgehead atoms. The maximum Gasteiger partial charge on any atom is 0.0623 e. The Hall–Kier alpha value is -0.200. The molecular formula is C13H30N4O. The largest absolute Gasteiger partial charge is 0.394 e. The van der Waals surface area contributed by atoms with E-state index in [0.29, 0.717) is 0 Å². The maximum atomic E-state index is 9.41. The molecule has 1 aliphatic rings. The molecule has 1 rings (SSSR count). The van der Waals surface area contributed by atoms with Crippen LogP contribution in [0.25, 0.3) is 0 Å². The van der Waals surface area contributed by atoms with Crippen LogP contribution in [-0.4, -0.2) is 98.9 Å². The van der Waals surface area contributed by atoms with Crippen LogP contribution in [0.2, 0.25) is 0 Å². The van der Waals surface area contributed by atoms with E-state index in [9.17, 15) is 5.11 Å². The molecule has 1 fully saturated rings. The van der Waals surface area contributed by atoms with Crippen molar-refractivity contribution in [1.29, 1.82) is 0 Å². The zero-order valence-corrected chi connectivity index (χ0v) is 12.4. The van der Waals surface area contributed by atoms with Gasteiger partial charge in [0.25, 0.3) is 0 Å². The molecule has 0 aromatic heterocycles. The molecule has 0 amide bonds. The lowest BCUT2D eigenvalue weighted by Gasteiger charge is -2.39. The van der Waals surface area contributed by atoms with Crippen molar-refractivity contribution in [3.05, 3.63) is 0 Å². The monoisotopic (exact) mass is 258 g/mol. The molecule has 108 valence electrons. The van der Waals surface area contributed by atoms with Gasteiger partial charge in [-0.15, -0.1) is 0 Å². The first-order chi connectivity index (χ1) is 8.49. The third-order valence-corrected chi connectivity index (χ3v) is 3.85. The summed E-state index contributed by atoms with van der Waals surface area (Å²) in [5.41, 5.74) is -0.175. The van der Waals surface area contributed by atoms with Crippen LogP contribution in [-0.2, 0) is 0 Å². The van der Waals surface area contributed by atoms with Gasteiger partial charge in [0.15, 0.2) is 0 Å². The van der Waals surface area contributed by atoms with Crippen molar-refractivity contribution < 1.29 is 5.11 Å². The van der Waals surface area contributed by atoms with Crippen molar-refractivity contribution in [2.45, 2.75) is 12.5 Å². The van der Waals surface area contributed by atoms with Crippen LogP contribution < -0.4 is 5.32 Å². The van der Waals surface area contributed by atoms with Gasteiger partial charge in [-0.3, -0.25) is 9.80 Å². The predicted octanol–water partition coefficient (Wildman–Crippen LogP) is -0.864. The summed E-state index contributed by atoms with van der Waals surface area (Å²) in [4.78, 5) is 7.20. The minimum atomic E-state index is -0.175. The van der Waals surface area contributed by atoms with E-state index < -0.39 is 0 Å². The van der Waals surface area contributed by atoms with Crippen molar-refractivity contribution >= 4 is 0 Å². The van der Waals surface area contributed by atoms with E-state index >= 15 is 0 Å². The highest BCUT2D eigenvalue weighted by molar-refractivity contribution is 4.86. The Kier molecular flexibility index (Phi) is 6.52. The maximum absolute atomic E-state index is 9.41. The molecule has 0 radical (unpaired) electrons. The van der Waals surface area contributed by atoms with Crippen LogP contribution in [0.15, 0.2) is 0 Å². The van der Waals surface area contributed by atoms with Gasteiger partial charge in [0, 0.05) is 45.8 Å². The molecule has 1 atom stereocenters. The Bertz CT molecular complexity index is 223. The summed E-state index contributed by atoms with van der Waals surface area (Å²) >= 11 is 0. The lowest BCUT2D eigenvalue weighted by molar-refractivity contribution is 0.0794. The molecule has 5 nitrogen and oxygen atoms in total. The lowest BCUT2D eigenvalue weighted by Crippen LogP contribution is -2.57. The van der Waals surface area contributed by atoms with E-state index in [1.165, 1.54) is 0 Å². The molecule has 1 heterocycles. The molecule has 1 aliphatic heterocycles. The fourth-order valence-corrected chi connectivity index (χ4v) is 2.21. The van der Waals surface area contributed by atoms with Crippen molar-refractivity contribution in [3.8, 4) is 0 Å². The first-order valence-corrected chi connectivity index (χ1v) is 6.88. The van der Waals surface area contributed by atoms with E-state index in [1.54, 1.807) is 0 Å². The van der Waals surface area contributed by atoms with Gasteiger partial charge in [-0.25, -0.2) is 0 Å². The van der Waals surface area contributed by atoms with E-state index in [-0.39, 0.29) is 12.1 Å². The third kappa shape index (κ3) is 5.20. The topological polar surface area (TPSA) is 42.0 Å². The van der Waals surface area contributed by atoms with Gasteiger partial charge >= 0.3 is 0 Å². The van der Waals surface area contributed by atoms with Crippen molar-refractivity contribution in [3.63, 3.8) is 0 Å². The molecule has 1 saturated heterocycles. The van der Waals surface area contributed by atoms with Gasteiger partial charge in [-0.1, -0.05) is 0 Å². The number of hydrogen-bond donors (Lipinski definition) is 2. The summed E-state index contributed by atoms with van der Waals surface area (Å²) in [6.07, 6.45) is 0. The molecule has 0 saturated carbocycles. The molecule has 0 aromatic carbocycles. The number of aliphatic hydroxyl groups excluding tert-OH is 1. The Morgan fingerprint density at radius 3 is 2.17 bits per heavy atom. The lowest BCUT2D eigenvalue weighted by atomic mass is 10.0. The second kappa shape index (κ2) is 7.40. The van der Waals surface area contributed by atoms with Crippen LogP contribution in [0.4, 0.5) is 0 Å². The van der Waals surface area contributed by atoms with Crippen molar-refractivity contribution in [1.82, 2.24) is 20.0 Å². The van der Waals surface area contributed by atoms with Gasteiger partial charge in [0.1, 0.15) is 0 Å². The first-order valence-electron chi connectivity index (χ1n) is 6.88. The number of nitrogens with zero attached hydrogens (tertiary/aromatic N) is 3. The average Bonchev–Trinajstić information content (AvgIpc) is 2.37. The normalized spacial score (nSPS) is 22.3. The first kappa shape index (κ1) is 15.9. The summed E-state index contributed by atoms with van der Waals surface area (Å²) in [5, 5.41) is 12.6. The van der Waals surface area contributed by atoms with Gasteiger partial charge < -0.3 is 15.3 Å². The van der Waals surface area contributed by atoms with Gasteiger partial charge in [-0.05, 0) is 28.1 Å². The van der Waals surface area contributed by atoms with Gasteiger partial charge in [-0.2, -0.15) is 0 Å². The minimum absolute atomic E-state index is 0.175. The SMILES string of the molecule is CNC(C)(CO)CN1CCN(CCN(C)C)CC1. The fourth-order valence-electron chi connectivity index (χ4n) is 2.21. The molecule has 2 N–H and O–H groups in total. The van der Waals surface area contributed by atoms with Crippen LogP contribution in [0.3, 0.4) is 0 Å². The van der Waals surface area contributed by atoms with Crippen LogP contribution >= 0.6 is 0 Å². The number of likely N-dealkylation sites (N-methyl/N-ethyl adjacent to an activating group) is 2. The Balaban J connectivity index is 2.26. The highest BCUT2D eigenvalue weighted by atomic mass is 16.3. The zero-order chi connectivity index (χ0) is 13.6. The second-order valence-electron chi connectivity index (χ2n) is 5.89. The van der Waals surface area contributed by atoms with Gasteiger partial charge in [0.2, 0.25) is 0 Å². The Morgan fingerprint density at radius 1 is 1.17 bits per heavy atom. The highest BCUT2D eigenvalue weighted by Crippen LogP contribution is 2.08. The smallest absolute Gasteiger partial charge is 0.0623 e. The summed E-state index contributed by atoms with van der Waals surface area (Å²) < 4.78 is 0. The van der Waals surface area contributed by atoms with E-state index in [0.717, 1.165) is 45.8 Å². The number of aliphatic hydroxyl groups is 1. The van der Waals surface area contributed by atoms with Crippen molar-refractivity contribution in [2.75, 3.05) is 73.6 Å². The Morgan fingerprint density at radius 2 is 1.72 bits per heavy atom. The number of piperazine rings is 1. The highest BCUT2D eigenvalue weighted by Gasteiger charge is 2.26. The van der Waals surface area contributed by atoms with E-state index in [2.05, 4.69) is 41.0 Å². The third-order valence-electron chi connectivity index (χ3n) is 3.85. The summed E-state index contributed by atoms with van der Waals surface area (Å²) in [7, 11) is 6.16. The minimum Gasteiger partial charge on any atom is -0.394 e. The van der Waals surface area contributed by atoms with E-state index in [1.807, 2.05) is 7.05 Å². The molecule has 0 spiro atoms. The van der Waals surface area contributed by atoms with Crippen LogP contribution in [0.1, 0.15) is 6.92 Å².